The normalized spacial score (nSPS) is 15.2. The number of hydrogen-bond acceptors (Lipinski definition) is 8. The van der Waals surface area contributed by atoms with Crippen molar-refractivity contribution in [2.75, 3.05) is 13.7 Å². The molecule has 0 bridgehead atoms. The highest BCUT2D eigenvalue weighted by atomic mass is 79.9. The van der Waals surface area contributed by atoms with Crippen LogP contribution in [0.2, 0.25) is 0 Å². The lowest BCUT2D eigenvalue weighted by molar-refractivity contribution is -0.139. The van der Waals surface area contributed by atoms with E-state index in [1.807, 2.05) is 12.1 Å². The van der Waals surface area contributed by atoms with Gasteiger partial charge >= 0.3 is 11.9 Å². The van der Waals surface area contributed by atoms with E-state index in [9.17, 15) is 14.4 Å². The molecular formula is C26H23BrN2O6S. The van der Waals surface area contributed by atoms with Gasteiger partial charge in [0, 0.05) is 17.0 Å². The lowest BCUT2D eigenvalue weighted by Crippen LogP contribution is -2.39. The van der Waals surface area contributed by atoms with E-state index in [1.54, 1.807) is 57.4 Å². The van der Waals surface area contributed by atoms with Crippen molar-refractivity contribution in [3.8, 4) is 11.5 Å². The lowest BCUT2D eigenvalue weighted by Gasteiger charge is -2.24. The number of carbonyl (C=O) groups excluding carboxylic acids is 2. The second-order valence-electron chi connectivity index (χ2n) is 7.85. The van der Waals surface area contributed by atoms with Gasteiger partial charge in [-0.25, -0.2) is 9.79 Å². The van der Waals surface area contributed by atoms with Crippen molar-refractivity contribution in [2.45, 2.75) is 26.8 Å². The lowest BCUT2D eigenvalue weighted by atomic mass is 9.96. The zero-order chi connectivity index (χ0) is 26.0. The number of hydrogen-bond donors (Lipinski definition) is 0. The largest absolute Gasteiger partial charge is 0.497 e. The number of carbonyl (C=O) groups is 2. The Morgan fingerprint density at radius 3 is 2.56 bits per heavy atom. The fourth-order valence-corrected chi connectivity index (χ4v) is 5.33. The number of rotatable bonds is 6. The fourth-order valence-electron chi connectivity index (χ4n) is 3.91. The summed E-state index contributed by atoms with van der Waals surface area (Å²) < 4.78 is 18.5. The molecule has 8 nitrogen and oxygen atoms in total. The minimum Gasteiger partial charge on any atom is -0.497 e. The van der Waals surface area contributed by atoms with Crippen LogP contribution in [0.15, 0.2) is 68.0 Å². The fraction of sp³-hybridized carbons (Fsp3) is 0.231. The summed E-state index contributed by atoms with van der Waals surface area (Å²) in [7, 11) is 1.57. The number of fused-ring (bicyclic) bond motifs is 1. The number of nitrogens with zero attached hydrogens (tertiary/aromatic N) is 2. The first-order valence-electron chi connectivity index (χ1n) is 11.0. The van der Waals surface area contributed by atoms with E-state index in [2.05, 4.69) is 20.9 Å². The first-order valence-corrected chi connectivity index (χ1v) is 12.7. The van der Waals surface area contributed by atoms with Gasteiger partial charge in [-0.2, -0.15) is 0 Å². The zero-order valence-electron chi connectivity index (χ0n) is 20.0. The van der Waals surface area contributed by atoms with Crippen molar-refractivity contribution >= 4 is 45.3 Å². The summed E-state index contributed by atoms with van der Waals surface area (Å²) >= 11 is 4.61. The van der Waals surface area contributed by atoms with Crippen molar-refractivity contribution in [3.63, 3.8) is 0 Å². The molecule has 2 heterocycles. The Kier molecular flexibility index (Phi) is 7.56. The summed E-state index contributed by atoms with van der Waals surface area (Å²) in [5.41, 5.74) is 1.70. The standard InChI is InChI=1S/C26H23BrN2O6S/c1-5-34-25(32)22-14(2)28-26-29(23(22)16-6-9-19(33-4)10-7-16)24(31)21(36-26)13-17-12-18(27)8-11-20(17)35-15(3)30/h6-13,23H,5H2,1-4H3/t23-/m1/s1. The van der Waals surface area contributed by atoms with Gasteiger partial charge in [0.2, 0.25) is 0 Å². The maximum atomic E-state index is 13.7. The third-order valence-corrected chi connectivity index (χ3v) is 6.94. The maximum Gasteiger partial charge on any atom is 0.338 e. The number of methoxy groups -OCH3 is 1. The molecule has 0 aliphatic carbocycles. The van der Waals surface area contributed by atoms with Gasteiger partial charge in [-0.15, -0.1) is 0 Å². The number of thiazole rings is 1. The predicted molar refractivity (Wildman–Crippen MR) is 139 cm³/mol. The Bertz CT molecular complexity index is 1550. The summed E-state index contributed by atoms with van der Waals surface area (Å²) in [6.07, 6.45) is 1.65. The first kappa shape index (κ1) is 25.6. The van der Waals surface area contributed by atoms with E-state index in [4.69, 9.17) is 14.2 Å². The van der Waals surface area contributed by atoms with Crippen LogP contribution in [0.25, 0.3) is 6.08 Å². The number of esters is 2. The summed E-state index contributed by atoms with van der Waals surface area (Å²) in [6.45, 7) is 4.96. The van der Waals surface area contributed by atoms with Gasteiger partial charge in [0.1, 0.15) is 11.5 Å². The molecule has 1 aromatic heterocycles. The molecular weight excluding hydrogens is 548 g/mol. The summed E-state index contributed by atoms with van der Waals surface area (Å²) in [4.78, 5) is 43.3. The van der Waals surface area contributed by atoms with E-state index in [0.717, 1.165) is 4.47 Å². The van der Waals surface area contributed by atoms with Crippen molar-refractivity contribution in [1.29, 1.82) is 0 Å². The van der Waals surface area contributed by atoms with Crippen LogP contribution in [0.4, 0.5) is 0 Å². The predicted octanol–water partition coefficient (Wildman–Crippen LogP) is 3.49. The Labute approximate surface area is 219 Å². The molecule has 0 saturated carbocycles. The maximum absolute atomic E-state index is 13.7. The molecule has 1 aliphatic rings. The molecule has 0 radical (unpaired) electrons. The summed E-state index contributed by atoms with van der Waals surface area (Å²) in [5.74, 6) is -0.0237. The highest BCUT2D eigenvalue weighted by Crippen LogP contribution is 2.31. The summed E-state index contributed by atoms with van der Waals surface area (Å²) in [5, 5.41) is 0. The van der Waals surface area contributed by atoms with Crippen molar-refractivity contribution < 1.29 is 23.8 Å². The smallest absolute Gasteiger partial charge is 0.338 e. The van der Waals surface area contributed by atoms with Gasteiger partial charge in [-0.05, 0) is 55.8 Å². The van der Waals surface area contributed by atoms with Crippen LogP contribution in [-0.2, 0) is 14.3 Å². The van der Waals surface area contributed by atoms with E-state index < -0.39 is 18.0 Å². The number of aromatic nitrogens is 1. The van der Waals surface area contributed by atoms with Crippen molar-refractivity contribution in [1.82, 2.24) is 4.57 Å². The topological polar surface area (TPSA) is 96.2 Å². The van der Waals surface area contributed by atoms with E-state index in [-0.39, 0.29) is 12.2 Å². The number of ether oxygens (including phenoxy) is 3. The molecule has 36 heavy (non-hydrogen) atoms. The molecule has 0 unspecified atom stereocenters. The Morgan fingerprint density at radius 1 is 1.19 bits per heavy atom. The van der Waals surface area contributed by atoms with Crippen LogP contribution in [0, 0.1) is 0 Å². The molecule has 1 atom stereocenters. The second kappa shape index (κ2) is 10.6. The van der Waals surface area contributed by atoms with Crippen molar-refractivity contribution in [3.05, 3.63) is 89.0 Å². The number of halogens is 1. The van der Waals surface area contributed by atoms with Gasteiger partial charge < -0.3 is 14.2 Å². The Balaban J connectivity index is 1.95. The van der Waals surface area contributed by atoms with E-state index in [0.29, 0.717) is 43.2 Å². The van der Waals surface area contributed by atoms with Crippen LogP contribution in [0.1, 0.15) is 37.9 Å². The Morgan fingerprint density at radius 2 is 1.92 bits per heavy atom. The van der Waals surface area contributed by atoms with Crippen LogP contribution >= 0.6 is 27.3 Å². The second-order valence-corrected chi connectivity index (χ2v) is 9.78. The molecule has 0 fully saturated rings. The SMILES string of the molecule is CCOC(=O)C1=C(C)N=c2sc(=Cc3cc(Br)ccc3OC(C)=O)c(=O)n2[C@@H]1c1ccc(OC)cc1. The molecule has 0 spiro atoms. The molecule has 0 amide bonds. The zero-order valence-corrected chi connectivity index (χ0v) is 22.4. The monoisotopic (exact) mass is 570 g/mol. The first-order chi connectivity index (χ1) is 17.2. The summed E-state index contributed by atoms with van der Waals surface area (Å²) in [6, 6.07) is 11.6. The average molecular weight is 571 g/mol. The highest BCUT2D eigenvalue weighted by Gasteiger charge is 2.33. The van der Waals surface area contributed by atoms with Gasteiger partial charge in [0.25, 0.3) is 5.56 Å². The van der Waals surface area contributed by atoms with Gasteiger partial charge in [-0.3, -0.25) is 14.2 Å². The van der Waals surface area contributed by atoms with Crippen LogP contribution in [0.5, 0.6) is 11.5 Å². The number of allylic oxidation sites excluding steroid dienone is 1. The van der Waals surface area contributed by atoms with E-state index >= 15 is 0 Å². The van der Waals surface area contributed by atoms with Gasteiger partial charge in [0.15, 0.2) is 4.80 Å². The average Bonchev–Trinajstić information content (AvgIpc) is 3.14. The molecule has 1 aliphatic heterocycles. The highest BCUT2D eigenvalue weighted by molar-refractivity contribution is 9.10. The van der Waals surface area contributed by atoms with Gasteiger partial charge in [0.05, 0.1) is 35.6 Å². The number of benzene rings is 2. The molecule has 0 N–H and O–H groups in total. The molecule has 2 aromatic carbocycles. The molecule has 3 aromatic rings. The third-order valence-electron chi connectivity index (χ3n) is 5.46. The molecule has 4 rings (SSSR count). The van der Waals surface area contributed by atoms with Crippen LogP contribution in [0.3, 0.4) is 0 Å². The van der Waals surface area contributed by atoms with Crippen molar-refractivity contribution in [2.24, 2.45) is 4.99 Å². The minimum atomic E-state index is -0.733. The quantitative estimate of drug-likeness (QED) is 0.332. The minimum absolute atomic E-state index is 0.192. The third kappa shape index (κ3) is 5.05. The molecule has 0 saturated heterocycles. The van der Waals surface area contributed by atoms with Gasteiger partial charge in [-0.1, -0.05) is 39.4 Å². The Hall–Kier alpha value is -3.50. The molecule has 186 valence electrons. The van der Waals surface area contributed by atoms with Crippen LogP contribution < -0.4 is 24.4 Å². The molecule has 10 heteroatoms. The van der Waals surface area contributed by atoms with Crippen LogP contribution in [-0.4, -0.2) is 30.2 Å². The van der Waals surface area contributed by atoms with E-state index in [1.165, 1.54) is 22.8 Å².